The van der Waals surface area contributed by atoms with Crippen LogP contribution in [0.5, 0.6) is 0 Å². The Hall–Kier alpha value is -2.55. The summed E-state index contributed by atoms with van der Waals surface area (Å²) >= 11 is 6.49. The highest BCUT2D eigenvalue weighted by Gasteiger charge is 2.38. The number of nitrogens with zero attached hydrogens (tertiary/aromatic N) is 6. The smallest absolute Gasteiger partial charge is 0.269 e. The lowest BCUT2D eigenvalue weighted by molar-refractivity contribution is -0.939. The molecule has 3 fully saturated rings. The maximum atomic E-state index is 10.7. The van der Waals surface area contributed by atoms with Crippen LogP contribution in [-0.2, 0) is 0 Å². The number of piperazine rings is 3. The van der Waals surface area contributed by atoms with E-state index in [0.717, 1.165) is 18.8 Å². The van der Waals surface area contributed by atoms with Gasteiger partial charge in [-0.15, -0.1) is 5.11 Å². The van der Waals surface area contributed by atoms with Gasteiger partial charge >= 0.3 is 0 Å². The Balaban J connectivity index is 1.41. The van der Waals surface area contributed by atoms with Crippen LogP contribution >= 0.6 is 11.6 Å². The quantitative estimate of drug-likeness (QED) is 0.258. The molecule has 0 aromatic heterocycles. The van der Waals surface area contributed by atoms with Gasteiger partial charge in [-0.1, -0.05) is 11.6 Å². The van der Waals surface area contributed by atoms with E-state index >= 15 is 0 Å². The fourth-order valence-corrected chi connectivity index (χ4v) is 4.61. The second-order valence-electron chi connectivity index (χ2n) is 8.27. The Labute approximate surface area is 187 Å². The molecule has 2 aromatic carbocycles. The molecule has 2 aromatic rings. The standard InChI is InChI=1S/C22H28ClN6O2/c1-2-27(12-16-29-13-9-26(10-14-29)11-15-29)20-7-8-22(21(23)17-20)25-24-18-3-5-19(6-4-18)28(30)31/h3-8,17H,2,9-16H2,1H3/q+1. The molecular formula is C22H28ClN6O2+. The molecule has 3 aliphatic rings. The molecule has 0 amide bonds. The summed E-state index contributed by atoms with van der Waals surface area (Å²) in [5.74, 6) is 0. The van der Waals surface area contributed by atoms with E-state index in [9.17, 15) is 10.1 Å². The summed E-state index contributed by atoms with van der Waals surface area (Å²) in [6.07, 6.45) is 0. The highest BCUT2D eigenvalue weighted by molar-refractivity contribution is 6.33. The summed E-state index contributed by atoms with van der Waals surface area (Å²) in [7, 11) is 0. The zero-order chi connectivity index (χ0) is 21.8. The second-order valence-corrected chi connectivity index (χ2v) is 8.67. The second kappa shape index (κ2) is 9.30. The third-order valence-electron chi connectivity index (χ3n) is 6.53. The highest BCUT2D eigenvalue weighted by atomic mass is 35.5. The molecule has 8 nitrogen and oxygen atoms in total. The monoisotopic (exact) mass is 443 g/mol. The van der Waals surface area contributed by atoms with E-state index < -0.39 is 4.92 Å². The van der Waals surface area contributed by atoms with Crippen molar-refractivity contribution in [2.75, 3.05) is 63.8 Å². The molecule has 164 valence electrons. The van der Waals surface area contributed by atoms with E-state index in [-0.39, 0.29) is 5.69 Å². The lowest BCUT2D eigenvalue weighted by atomic mass is 10.1. The van der Waals surface area contributed by atoms with Crippen LogP contribution in [-0.4, -0.2) is 73.2 Å². The van der Waals surface area contributed by atoms with Crippen molar-refractivity contribution in [3.05, 3.63) is 57.6 Å². The molecule has 31 heavy (non-hydrogen) atoms. The van der Waals surface area contributed by atoms with Gasteiger partial charge in [0.15, 0.2) is 0 Å². The van der Waals surface area contributed by atoms with Crippen molar-refractivity contribution < 1.29 is 9.41 Å². The average molecular weight is 444 g/mol. The molecule has 0 radical (unpaired) electrons. The van der Waals surface area contributed by atoms with Crippen molar-refractivity contribution in [1.82, 2.24) is 4.90 Å². The third kappa shape index (κ3) is 5.03. The van der Waals surface area contributed by atoms with Crippen LogP contribution in [0.2, 0.25) is 5.02 Å². The van der Waals surface area contributed by atoms with E-state index in [0.29, 0.717) is 16.4 Å². The number of quaternary nitrogens is 1. The van der Waals surface area contributed by atoms with Crippen LogP contribution in [0.4, 0.5) is 22.7 Å². The topological polar surface area (TPSA) is 74.3 Å². The van der Waals surface area contributed by atoms with Gasteiger partial charge in [0.25, 0.3) is 5.69 Å². The van der Waals surface area contributed by atoms with Crippen molar-refractivity contribution in [1.29, 1.82) is 0 Å². The van der Waals surface area contributed by atoms with Crippen LogP contribution < -0.4 is 4.90 Å². The maximum absolute atomic E-state index is 10.7. The fourth-order valence-electron chi connectivity index (χ4n) is 4.40. The maximum Gasteiger partial charge on any atom is 0.269 e. The molecule has 9 heteroatoms. The summed E-state index contributed by atoms with van der Waals surface area (Å²) in [5, 5.41) is 19.7. The summed E-state index contributed by atoms with van der Waals surface area (Å²) in [6, 6.07) is 11.8. The van der Waals surface area contributed by atoms with Gasteiger partial charge in [0.1, 0.15) is 5.69 Å². The van der Waals surface area contributed by atoms with Crippen molar-refractivity contribution in [3.8, 4) is 0 Å². The van der Waals surface area contributed by atoms with Gasteiger partial charge in [-0.25, -0.2) is 0 Å². The van der Waals surface area contributed by atoms with E-state index in [2.05, 4.69) is 27.0 Å². The lowest BCUT2D eigenvalue weighted by Gasteiger charge is -2.51. The van der Waals surface area contributed by atoms with Crippen molar-refractivity contribution in [2.45, 2.75) is 6.92 Å². The van der Waals surface area contributed by atoms with Gasteiger partial charge in [-0.05, 0) is 37.3 Å². The molecule has 0 unspecified atom stereocenters. The van der Waals surface area contributed by atoms with Gasteiger partial charge in [0, 0.05) is 44.0 Å². The Bertz CT molecular complexity index is 943. The fraction of sp³-hybridized carbons (Fsp3) is 0.455. The number of azo groups is 1. The molecule has 5 rings (SSSR count). The molecule has 0 atom stereocenters. The molecule has 3 heterocycles. The first-order valence-electron chi connectivity index (χ1n) is 10.8. The minimum Gasteiger partial charge on any atom is -0.366 e. The summed E-state index contributed by atoms with van der Waals surface area (Å²) in [6.45, 7) is 12.7. The number of anilines is 1. The van der Waals surface area contributed by atoms with E-state index in [1.807, 2.05) is 18.2 Å². The Morgan fingerprint density at radius 2 is 1.77 bits per heavy atom. The first kappa shape index (κ1) is 21.7. The van der Waals surface area contributed by atoms with Crippen LogP contribution in [0.3, 0.4) is 0 Å². The number of fused-ring (bicyclic) bond motifs is 3. The Kier molecular flexibility index (Phi) is 6.50. The molecule has 3 saturated heterocycles. The molecule has 0 aliphatic carbocycles. The number of nitro benzene ring substituents is 1. The first-order valence-corrected chi connectivity index (χ1v) is 11.1. The first-order chi connectivity index (χ1) is 15.0. The number of hydrogen-bond acceptors (Lipinski definition) is 6. The highest BCUT2D eigenvalue weighted by Crippen LogP contribution is 2.31. The van der Waals surface area contributed by atoms with Gasteiger partial charge < -0.3 is 9.38 Å². The van der Waals surface area contributed by atoms with Gasteiger partial charge in [-0.2, -0.15) is 5.11 Å². The number of hydrogen-bond donors (Lipinski definition) is 0. The van der Waals surface area contributed by atoms with Crippen LogP contribution in [0, 0.1) is 10.1 Å². The largest absolute Gasteiger partial charge is 0.366 e. The van der Waals surface area contributed by atoms with Gasteiger partial charge in [-0.3, -0.25) is 15.0 Å². The minimum atomic E-state index is -0.439. The molecular weight excluding hydrogens is 416 g/mol. The average Bonchev–Trinajstić information content (AvgIpc) is 2.80. The number of likely N-dealkylation sites (N-methyl/N-ethyl adjacent to an activating group) is 1. The SMILES string of the molecule is CCN(CC[N+]12CCN(CC1)CC2)c1ccc(N=Nc2ccc([N+](=O)[O-])cc2)c(Cl)c1. The van der Waals surface area contributed by atoms with Crippen molar-refractivity contribution >= 4 is 34.4 Å². The predicted octanol–water partition coefficient (Wildman–Crippen LogP) is 4.64. The summed E-state index contributed by atoms with van der Waals surface area (Å²) in [4.78, 5) is 15.3. The zero-order valence-electron chi connectivity index (χ0n) is 17.8. The summed E-state index contributed by atoms with van der Waals surface area (Å²) in [5.41, 5.74) is 2.24. The van der Waals surface area contributed by atoms with Crippen LogP contribution in [0.1, 0.15) is 6.92 Å². The number of non-ortho nitro benzene ring substituents is 1. The minimum absolute atomic E-state index is 0.0259. The van der Waals surface area contributed by atoms with Crippen LogP contribution in [0.15, 0.2) is 52.7 Å². The Morgan fingerprint density at radius 1 is 1.10 bits per heavy atom. The van der Waals surface area contributed by atoms with E-state index in [4.69, 9.17) is 11.6 Å². The summed E-state index contributed by atoms with van der Waals surface area (Å²) < 4.78 is 1.24. The number of rotatable bonds is 8. The molecule has 0 N–H and O–H groups in total. The third-order valence-corrected chi connectivity index (χ3v) is 6.83. The van der Waals surface area contributed by atoms with Crippen molar-refractivity contribution in [3.63, 3.8) is 0 Å². The van der Waals surface area contributed by atoms with Gasteiger partial charge in [0.05, 0.1) is 48.4 Å². The molecule has 2 bridgehead atoms. The van der Waals surface area contributed by atoms with Crippen molar-refractivity contribution in [2.24, 2.45) is 10.2 Å². The van der Waals surface area contributed by atoms with E-state index in [1.165, 1.54) is 62.4 Å². The zero-order valence-corrected chi connectivity index (χ0v) is 18.5. The predicted molar refractivity (Wildman–Crippen MR) is 123 cm³/mol. The molecule has 0 saturated carbocycles. The number of benzene rings is 2. The molecule has 3 aliphatic heterocycles. The number of halogens is 1. The number of nitro groups is 1. The normalized spacial score (nSPS) is 22.7. The van der Waals surface area contributed by atoms with Crippen LogP contribution in [0.25, 0.3) is 0 Å². The Morgan fingerprint density at radius 3 is 2.35 bits per heavy atom. The lowest BCUT2D eigenvalue weighted by Crippen LogP contribution is -2.68. The molecule has 0 spiro atoms. The van der Waals surface area contributed by atoms with Gasteiger partial charge in [0.2, 0.25) is 0 Å². The van der Waals surface area contributed by atoms with E-state index in [1.54, 1.807) is 12.1 Å².